The van der Waals surface area contributed by atoms with Crippen LogP contribution in [0.4, 0.5) is 0 Å². The molecule has 0 unspecified atom stereocenters. The van der Waals surface area contributed by atoms with Crippen molar-refractivity contribution in [2.75, 3.05) is 7.11 Å². The van der Waals surface area contributed by atoms with Gasteiger partial charge < -0.3 is 9.84 Å². The lowest BCUT2D eigenvalue weighted by Gasteiger charge is -2.19. The van der Waals surface area contributed by atoms with Crippen LogP contribution in [0.1, 0.15) is 29.9 Å². The summed E-state index contributed by atoms with van der Waals surface area (Å²) in [5.41, 5.74) is 3.48. The zero-order chi connectivity index (χ0) is 11.1. The zero-order valence-corrected chi connectivity index (χ0v) is 9.23. The molecule has 0 saturated carbocycles. The van der Waals surface area contributed by atoms with Gasteiger partial charge in [0.1, 0.15) is 0 Å². The van der Waals surface area contributed by atoms with E-state index in [-0.39, 0.29) is 0 Å². The van der Waals surface area contributed by atoms with Gasteiger partial charge in [0.15, 0.2) is 11.5 Å². The molecule has 0 radical (unpaired) electrons. The van der Waals surface area contributed by atoms with Crippen LogP contribution in [0.15, 0.2) is 29.9 Å². The van der Waals surface area contributed by atoms with Gasteiger partial charge in [-0.1, -0.05) is 24.3 Å². The Hall–Kier alpha value is -1.70. The highest BCUT2D eigenvalue weighted by Crippen LogP contribution is 2.48. The molecule has 16 heavy (non-hydrogen) atoms. The van der Waals surface area contributed by atoms with Gasteiger partial charge in [0.05, 0.1) is 7.11 Å². The molecule has 1 atom stereocenters. The van der Waals surface area contributed by atoms with Crippen molar-refractivity contribution in [3.05, 3.63) is 41.0 Å². The largest absolute Gasteiger partial charge is 0.504 e. The van der Waals surface area contributed by atoms with Gasteiger partial charge in [-0.2, -0.15) is 0 Å². The summed E-state index contributed by atoms with van der Waals surface area (Å²) in [6.45, 7) is 0. The monoisotopic (exact) mass is 214 g/mol. The van der Waals surface area contributed by atoms with Crippen LogP contribution in [0.2, 0.25) is 0 Å². The Labute approximate surface area is 94.9 Å². The Morgan fingerprint density at radius 2 is 2.25 bits per heavy atom. The summed E-state index contributed by atoms with van der Waals surface area (Å²) in [5, 5.41) is 10.2. The Bertz CT molecular complexity index is 498. The van der Waals surface area contributed by atoms with Crippen LogP contribution in [0, 0.1) is 0 Å². The standard InChI is InChI=1S/C14H14O2/c1-16-12-7-6-10-8-9-4-2-3-5-11(9)13(10)14(12)15/h2,4,6-8,11,15H,3,5H2,1H3/t11-/m1/s1. The SMILES string of the molecule is COc1ccc2c(c1O)[C@@H]1CCC=CC1=C2. The number of benzene rings is 1. The van der Waals surface area contributed by atoms with Crippen LogP contribution in [-0.2, 0) is 0 Å². The number of methoxy groups -OCH3 is 1. The molecule has 0 amide bonds. The van der Waals surface area contributed by atoms with Gasteiger partial charge in [-0.25, -0.2) is 0 Å². The summed E-state index contributed by atoms with van der Waals surface area (Å²) < 4.78 is 5.16. The maximum Gasteiger partial charge on any atom is 0.162 e. The van der Waals surface area contributed by atoms with Crippen molar-refractivity contribution in [2.45, 2.75) is 18.8 Å². The third-order valence-corrected chi connectivity index (χ3v) is 3.44. The second-order valence-corrected chi connectivity index (χ2v) is 4.30. The summed E-state index contributed by atoms with van der Waals surface area (Å²) in [6.07, 6.45) is 8.69. The number of ether oxygens (including phenoxy) is 1. The molecule has 1 N–H and O–H groups in total. The molecule has 0 aromatic heterocycles. The van der Waals surface area contributed by atoms with Crippen molar-refractivity contribution in [3.8, 4) is 11.5 Å². The normalized spacial score (nSPS) is 21.3. The van der Waals surface area contributed by atoms with Crippen LogP contribution >= 0.6 is 0 Å². The van der Waals surface area contributed by atoms with E-state index in [0.717, 1.165) is 24.0 Å². The minimum atomic E-state index is 0.312. The number of hydrogen-bond acceptors (Lipinski definition) is 2. The highest BCUT2D eigenvalue weighted by molar-refractivity contribution is 5.74. The summed E-state index contributed by atoms with van der Waals surface area (Å²) >= 11 is 0. The van der Waals surface area contributed by atoms with E-state index in [1.165, 1.54) is 5.57 Å². The molecule has 2 aliphatic carbocycles. The second-order valence-electron chi connectivity index (χ2n) is 4.30. The van der Waals surface area contributed by atoms with Gasteiger partial charge in [-0.05, 0) is 30.0 Å². The Morgan fingerprint density at radius 1 is 1.38 bits per heavy atom. The molecule has 2 aliphatic rings. The average Bonchev–Trinajstić information content (AvgIpc) is 2.68. The molecule has 2 heteroatoms. The molecule has 1 aromatic rings. The first-order valence-electron chi connectivity index (χ1n) is 5.59. The van der Waals surface area contributed by atoms with E-state index in [1.807, 2.05) is 12.1 Å². The maximum absolute atomic E-state index is 10.2. The van der Waals surface area contributed by atoms with Crippen molar-refractivity contribution >= 4 is 6.08 Å². The molecule has 0 spiro atoms. The molecule has 0 saturated heterocycles. The van der Waals surface area contributed by atoms with Gasteiger partial charge >= 0.3 is 0 Å². The molecule has 0 heterocycles. The lowest BCUT2D eigenvalue weighted by molar-refractivity contribution is 0.369. The van der Waals surface area contributed by atoms with Crippen LogP contribution in [0.25, 0.3) is 6.08 Å². The minimum Gasteiger partial charge on any atom is -0.504 e. The first-order valence-corrected chi connectivity index (χ1v) is 5.59. The van der Waals surface area contributed by atoms with E-state index in [9.17, 15) is 5.11 Å². The maximum atomic E-state index is 10.2. The van der Waals surface area contributed by atoms with Crippen molar-refractivity contribution in [3.63, 3.8) is 0 Å². The van der Waals surface area contributed by atoms with Crippen molar-refractivity contribution in [2.24, 2.45) is 0 Å². The fourth-order valence-electron chi connectivity index (χ4n) is 2.66. The molecular formula is C14H14O2. The summed E-state index contributed by atoms with van der Waals surface area (Å²) in [7, 11) is 1.59. The van der Waals surface area contributed by atoms with E-state index < -0.39 is 0 Å². The number of hydrogen-bond donors (Lipinski definition) is 1. The van der Waals surface area contributed by atoms with E-state index in [0.29, 0.717) is 17.4 Å². The lowest BCUT2D eigenvalue weighted by atomic mass is 9.87. The van der Waals surface area contributed by atoms with E-state index in [2.05, 4.69) is 18.2 Å². The highest BCUT2D eigenvalue weighted by Gasteiger charge is 2.29. The quantitative estimate of drug-likeness (QED) is 0.777. The average molecular weight is 214 g/mol. The molecule has 82 valence electrons. The Balaban J connectivity index is 2.16. The number of fused-ring (bicyclic) bond motifs is 3. The Morgan fingerprint density at radius 3 is 3.06 bits per heavy atom. The molecule has 1 aromatic carbocycles. The van der Waals surface area contributed by atoms with Gasteiger partial charge in [-0.15, -0.1) is 0 Å². The van der Waals surface area contributed by atoms with Gasteiger partial charge in [-0.3, -0.25) is 0 Å². The van der Waals surface area contributed by atoms with Crippen molar-refractivity contribution < 1.29 is 9.84 Å². The number of aromatic hydroxyl groups is 1. The van der Waals surface area contributed by atoms with E-state index in [4.69, 9.17) is 4.74 Å². The summed E-state index contributed by atoms with van der Waals surface area (Å²) in [5.74, 6) is 1.24. The highest BCUT2D eigenvalue weighted by atomic mass is 16.5. The van der Waals surface area contributed by atoms with Crippen LogP contribution in [0.5, 0.6) is 11.5 Å². The fourth-order valence-corrected chi connectivity index (χ4v) is 2.66. The molecule has 2 nitrogen and oxygen atoms in total. The fraction of sp³-hybridized carbons (Fsp3) is 0.286. The van der Waals surface area contributed by atoms with Crippen molar-refractivity contribution in [1.82, 2.24) is 0 Å². The third-order valence-electron chi connectivity index (χ3n) is 3.44. The molecular weight excluding hydrogens is 200 g/mol. The number of phenolic OH excluding ortho intramolecular Hbond substituents is 1. The molecule has 0 aliphatic heterocycles. The topological polar surface area (TPSA) is 29.5 Å². The molecule has 0 bridgehead atoms. The Kier molecular flexibility index (Phi) is 2.03. The first-order chi connectivity index (χ1) is 7.81. The van der Waals surface area contributed by atoms with E-state index in [1.54, 1.807) is 7.11 Å². The van der Waals surface area contributed by atoms with Gasteiger partial charge in [0, 0.05) is 11.5 Å². The first kappa shape index (κ1) is 9.52. The zero-order valence-electron chi connectivity index (χ0n) is 9.23. The van der Waals surface area contributed by atoms with Crippen LogP contribution in [-0.4, -0.2) is 12.2 Å². The predicted molar refractivity (Wildman–Crippen MR) is 63.8 cm³/mol. The number of allylic oxidation sites excluding steroid dienone is 3. The second kappa shape index (κ2) is 3.41. The van der Waals surface area contributed by atoms with Crippen LogP contribution in [0.3, 0.4) is 0 Å². The minimum absolute atomic E-state index is 0.312. The lowest BCUT2D eigenvalue weighted by Crippen LogP contribution is -2.01. The number of rotatable bonds is 1. The van der Waals surface area contributed by atoms with Gasteiger partial charge in [0.25, 0.3) is 0 Å². The van der Waals surface area contributed by atoms with Crippen LogP contribution < -0.4 is 4.74 Å². The predicted octanol–water partition coefficient (Wildman–Crippen LogP) is 3.23. The smallest absolute Gasteiger partial charge is 0.162 e. The van der Waals surface area contributed by atoms with Gasteiger partial charge in [0.2, 0.25) is 0 Å². The van der Waals surface area contributed by atoms with E-state index >= 15 is 0 Å². The number of phenols is 1. The summed E-state index contributed by atoms with van der Waals surface area (Å²) in [4.78, 5) is 0. The summed E-state index contributed by atoms with van der Waals surface area (Å²) in [6, 6.07) is 3.85. The third kappa shape index (κ3) is 1.19. The van der Waals surface area contributed by atoms with Crippen molar-refractivity contribution in [1.29, 1.82) is 0 Å². The molecule has 3 rings (SSSR count). The molecule has 0 fully saturated rings.